The van der Waals surface area contributed by atoms with E-state index in [9.17, 15) is 20.3 Å². The summed E-state index contributed by atoms with van der Waals surface area (Å²) >= 11 is 0. The highest BCUT2D eigenvalue weighted by molar-refractivity contribution is 5.47. The van der Waals surface area contributed by atoms with Crippen molar-refractivity contribution in [3.8, 4) is 11.5 Å². The third-order valence-electron chi connectivity index (χ3n) is 2.66. The summed E-state index contributed by atoms with van der Waals surface area (Å²) < 4.78 is 0. The standard InChI is InChI=1S/C13H11NO4/c15-10-7-4-8-11(16)12(10)13(14(17)18)9-5-2-1-3-6-9/h1-8,13,15-16H. The van der Waals surface area contributed by atoms with Crippen LogP contribution in [0.5, 0.6) is 11.5 Å². The highest BCUT2D eigenvalue weighted by Crippen LogP contribution is 2.37. The Morgan fingerprint density at radius 3 is 2.00 bits per heavy atom. The second-order valence-electron chi connectivity index (χ2n) is 3.81. The second kappa shape index (κ2) is 4.75. The van der Waals surface area contributed by atoms with E-state index in [1.54, 1.807) is 30.3 Å². The van der Waals surface area contributed by atoms with Gasteiger partial charge in [-0.05, 0) is 12.1 Å². The molecule has 2 aromatic rings. The first-order valence-electron chi connectivity index (χ1n) is 5.30. The fraction of sp³-hybridized carbons (Fsp3) is 0.0769. The Morgan fingerprint density at radius 2 is 1.50 bits per heavy atom. The van der Waals surface area contributed by atoms with Crippen LogP contribution >= 0.6 is 0 Å². The van der Waals surface area contributed by atoms with Crippen LogP contribution < -0.4 is 0 Å². The molecule has 0 aliphatic carbocycles. The molecule has 0 heterocycles. The predicted molar refractivity (Wildman–Crippen MR) is 65.1 cm³/mol. The van der Waals surface area contributed by atoms with Crippen LogP contribution in [0.1, 0.15) is 17.2 Å². The highest BCUT2D eigenvalue weighted by atomic mass is 16.6. The van der Waals surface area contributed by atoms with Gasteiger partial charge in [0.05, 0.1) is 0 Å². The average molecular weight is 245 g/mol. The highest BCUT2D eigenvalue weighted by Gasteiger charge is 2.30. The summed E-state index contributed by atoms with van der Waals surface area (Å²) in [5, 5.41) is 30.6. The number of nitro groups is 1. The Morgan fingerprint density at radius 1 is 0.944 bits per heavy atom. The van der Waals surface area contributed by atoms with Crippen LogP contribution in [0.25, 0.3) is 0 Å². The van der Waals surface area contributed by atoms with Crippen molar-refractivity contribution >= 4 is 0 Å². The number of nitrogens with zero attached hydrogens (tertiary/aromatic N) is 1. The van der Waals surface area contributed by atoms with Crippen molar-refractivity contribution in [1.29, 1.82) is 0 Å². The molecule has 5 heteroatoms. The van der Waals surface area contributed by atoms with Gasteiger partial charge in [0.1, 0.15) is 17.1 Å². The molecular formula is C13H11NO4. The van der Waals surface area contributed by atoms with Crippen molar-refractivity contribution in [3.63, 3.8) is 0 Å². The van der Waals surface area contributed by atoms with Crippen LogP contribution in [-0.2, 0) is 0 Å². The predicted octanol–water partition coefficient (Wildman–Crippen LogP) is 2.46. The first-order valence-corrected chi connectivity index (χ1v) is 5.30. The Bertz CT molecular complexity index is 548. The van der Waals surface area contributed by atoms with Crippen LogP contribution in [-0.4, -0.2) is 15.1 Å². The lowest BCUT2D eigenvalue weighted by Crippen LogP contribution is -2.12. The lowest BCUT2D eigenvalue weighted by atomic mass is 9.97. The fourth-order valence-electron chi connectivity index (χ4n) is 1.85. The molecule has 2 N–H and O–H groups in total. The largest absolute Gasteiger partial charge is 0.507 e. The number of phenolic OH excluding ortho intramolecular Hbond substituents is 2. The molecule has 0 aromatic heterocycles. The Labute approximate surface area is 103 Å². The van der Waals surface area contributed by atoms with E-state index in [4.69, 9.17) is 0 Å². The number of hydrogen-bond donors (Lipinski definition) is 2. The van der Waals surface area contributed by atoms with Crippen molar-refractivity contribution in [2.24, 2.45) is 0 Å². The maximum atomic E-state index is 11.2. The molecule has 0 aliphatic rings. The van der Waals surface area contributed by atoms with Gasteiger partial charge in [-0.1, -0.05) is 36.4 Å². The molecule has 18 heavy (non-hydrogen) atoms. The van der Waals surface area contributed by atoms with Crippen molar-refractivity contribution < 1.29 is 15.1 Å². The van der Waals surface area contributed by atoms with Gasteiger partial charge in [-0.15, -0.1) is 0 Å². The summed E-state index contributed by atoms with van der Waals surface area (Å²) in [6.07, 6.45) is 0. The van der Waals surface area contributed by atoms with E-state index >= 15 is 0 Å². The van der Waals surface area contributed by atoms with Crippen molar-refractivity contribution in [2.45, 2.75) is 6.04 Å². The minimum Gasteiger partial charge on any atom is -0.507 e. The summed E-state index contributed by atoms with van der Waals surface area (Å²) in [5.41, 5.74) is 0.313. The summed E-state index contributed by atoms with van der Waals surface area (Å²) in [7, 11) is 0. The SMILES string of the molecule is O=[N+]([O-])C(c1ccccc1)c1c(O)cccc1O. The molecule has 1 atom stereocenters. The summed E-state index contributed by atoms with van der Waals surface area (Å²) in [5.74, 6) is -0.582. The average Bonchev–Trinajstić information content (AvgIpc) is 2.34. The van der Waals surface area contributed by atoms with E-state index in [0.29, 0.717) is 5.56 Å². The molecule has 2 rings (SSSR count). The van der Waals surface area contributed by atoms with Gasteiger partial charge < -0.3 is 10.2 Å². The molecule has 0 spiro atoms. The Balaban J connectivity index is 2.60. The summed E-state index contributed by atoms with van der Waals surface area (Å²) in [6, 6.07) is 11.0. The maximum Gasteiger partial charge on any atom is 0.270 e. The molecule has 0 saturated heterocycles. The van der Waals surface area contributed by atoms with Crippen LogP contribution in [0.4, 0.5) is 0 Å². The van der Waals surface area contributed by atoms with E-state index in [0.717, 1.165) is 0 Å². The molecule has 5 nitrogen and oxygen atoms in total. The zero-order valence-electron chi connectivity index (χ0n) is 9.35. The molecule has 92 valence electrons. The molecular weight excluding hydrogens is 234 g/mol. The quantitative estimate of drug-likeness (QED) is 0.642. The molecule has 0 saturated carbocycles. The van der Waals surface area contributed by atoms with Gasteiger partial charge in [0.15, 0.2) is 0 Å². The molecule has 0 aliphatic heterocycles. The van der Waals surface area contributed by atoms with Crippen molar-refractivity contribution in [1.82, 2.24) is 0 Å². The topological polar surface area (TPSA) is 83.6 Å². The van der Waals surface area contributed by atoms with Crippen molar-refractivity contribution in [3.05, 3.63) is 69.8 Å². The molecule has 0 fully saturated rings. The molecule has 2 aromatic carbocycles. The number of hydrogen-bond acceptors (Lipinski definition) is 4. The first-order chi connectivity index (χ1) is 8.61. The number of aromatic hydroxyl groups is 2. The van der Waals surface area contributed by atoms with Gasteiger partial charge in [-0.3, -0.25) is 10.1 Å². The normalized spacial score (nSPS) is 12.0. The van der Waals surface area contributed by atoms with Gasteiger partial charge in [0, 0.05) is 10.5 Å². The molecule has 0 bridgehead atoms. The monoisotopic (exact) mass is 245 g/mol. The summed E-state index contributed by atoms with van der Waals surface area (Å²) in [6.45, 7) is 0. The second-order valence-corrected chi connectivity index (χ2v) is 3.81. The first kappa shape index (κ1) is 11.9. The molecule has 1 unspecified atom stereocenters. The van der Waals surface area contributed by atoms with E-state index in [-0.39, 0.29) is 17.1 Å². The third kappa shape index (κ3) is 2.10. The number of benzene rings is 2. The minimum atomic E-state index is -1.28. The van der Waals surface area contributed by atoms with E-state index in [1.165, 1.54) is 18.2 Å². The van der Waals surface area contributed by atoms with Crippen LogP contribution in [0.3, 0.4) is 0 Å². The van der Waals surface area contributed by atoms with Gasteiger partial charge in [0.25, 0.3) is 6.04 Å². The van der Waals surface area contributed by atoms with Gasteiger partial charge >= 0.3 is 0 Å². The van der Waals surface area contributed by atoms with Gasteiger partial charge in [-0.2, -0.15) is 0 Å². The zero-order chi connectivity index (χ0) is 13.1. The fourth-order valence-corrected chi connectivity index (χ4v) is 1.85. The van der Waals surface area contributed by atoms with E-state index in [1.807, 2.05) is 0 Å². The van der Waals surface area contributed by atoms with Gasteiger partial charge in [0.2, 0.25) is 0 Å². The van der Waals surface area contributed by atoms with Crippen LogP contribution in [0, 0.1) is 10.1 Å². The number of rotatable bonds is 3. The van der Waals surface area contributed by atoms with Crippen LogP contribution in [0.15, 0.2) is 48.5 Å². The van der Waals surface area contributed by atoms with Crippen LogP contribution in [0.2, 0.25) is 0 Å². The van der Waals surface area contributed by atoms with Gasteiger partial charge in [-0.25, -0.2) is 0 Å². The van der Waals surface area contributed by atoms with E-state index in [2.05, 4.69) is 0 Å². The maximum absolute atomic E-state index is 11.2. The Hall–Kier alpha value is -2.56. The lowest BCUT2D eigenvalue weighted by molar-refractivity contribution is -0.517. The molecule has 0 amide bonds. The van der Waals surface area contributed by atoms with E-state index < -0.39 is 11.0 Å². The Kier molecular flexibility index (Phi) is 3.14. The zero-order valence-corrected chi connectivity index (χ0v) is 9.35. The number of phenols is 2. The lowest BCUT2D eigenvalue weighted by Gasteiger charge is -2.12. The van der Waals surface area contributed by atoms with Crippen molar-refractivity contribution in [2.75, 3.05) is 0 Å². The third-order valence-corrected chi connectivity index (χ3v) is 2.66. The minimum absolute atomic E-state index is 0.0892. The smallest absolute Gasteiger partial charge is 0.270 e. The summed E-state index contributed by atoms with van der Waals surface area (Å²) in [4.78, 5) is 10.7. The molecule has 0 radical (unpaired) electrons.